The normalized spacial score (nSPS) is 11.2. The first kappa shape index (κ1) is 15.0. The molecule has 1 heterocycles. The second kappa shape index (κ2) is 6.23. The molecule has 0 aliphatic heterocycles. The van der Waals surface area contributed by atoms with Crippen molar-refractivity contribution < 1.29 is 18.8 Å². The van der Waals surface area contributed by atoms with Crippen molar-refractivity contribution in [1.29, 1.82) is 0 Å². The van der Waals surface area contributed by atoms with Crippen LogP contribution in [0.5, 0.6) is 0 Å². The number of hydrogen-bond acceptors (Lipinski definition) is 6. The quantitative estimate of drug-likeness (QED) is 0.515. The smallest absolute Gasteiger partial charge is 0.287 e. The zero-order valence-electron chi connectivity index (χ0n) is 10.2. The number of aliphatic hydroxyl groups is 1. The molecule has 9 heteroatoms. The average molecular weight is 276 g/mol. The van der Waals surface area contributed by atoms with Crippen molar-refractivity contribution in [3.05, 3.63) is 22.2 Å². The summed E-state index contributed by atoms with van der Waals surface area (Å²) >= 11 is 0. The standard InChI is InChI=1S/C10H14F2N4O3/c1-2-13-8-3-7(16(18)19)4-9(15-8)14-5-10(11,12)6-17/h3-4,17H,2,5-6H2,1H3,(H2,13,14,15). The van der Waals surface area contributed by atoms with Crippen molar-refractivity contribution in [3.63, 3.8) is 0 Å². The molecule has 0 spiro atoms. The largest absolute Gasteiger partial charge is 0.390 e. The van der Waals surface area contributed by atoms with Gasteiger partial charge in [-0.25, -0.2) is 13.8 Å². The van der Waals surface area contributed by atoms with Crippen molar-refractivity contribution in [2.75, 3.05) is 30.3 Å². The molecule has 0 unspecified atom stereocenters. The molecule has 0 atom stereocenters. The maximum Gasteiger partial charge on any atom is 0.287 e. The summed E-state index contributed by atoms with van der Waals surface area (Å²) in [6.45, 7) is 0.0894. The fraction of sp³-hybridized carbons (Fsp3) is 0.500. The minimum atomic E-state index is -3.31. The van der Waals surface area contributed by atoms with Gasteiger partial charge in [0.2, 0.25) is 0 Å². The van der Waals surface area contributed by atoms with Crippen LogP contribution in [-0.2, 0) is 0 Å². The number of nitro groups is 1. The van der Waals surface area contributed by atoms with Crippen molar-refractivity contribution in [3.8, 4) is 0 Å². The van der Waals surface area contributed by atoms with E-state index in [1.165, 1.54) is 6.07 Å². The van der Waals surface area contributed by atoms with Gasteiger partial charge in [0.1, 0.15) is 18.2 Å². The van der Waals surface area contributed by atoms with Crippen LogP contribution in [0.1, 0.15) is 6.92 Å². The Morgan fingerprint density at radius 2 is 2.00 bits per heavy atom. The Bertz CT molecular complexity index is 456. The van der Waals surface area contributed by atoms with E-state index < -0.39 is 24.0 Å². The number of halogens is 2. The molecule has 0 radical (unpaired) electrons. The minimum Gasteiger partial charge on any atom is -0.390 e. The number of hydrogen-bond donors (Lipinski definition) is 3. The first-order valence-corrected chi connectivity index (χ1v) is 5.51. The fourth-order valence-corrected chi connectivity index (χ4v) is 1.26. The SMILES string of the molecule is CCNc1cc([N+](=O)[O-])cc(NCC(F)(F)CO)n1. The summed E-state index contributed by atoms with van der Waals surface area (Å²) < 4.78 is 25.7. The average Bonchev–Trinajstić information content (AvgIpc) is 2.37. The maximum absolute atomic E-state index is 12.9. The van der Waals surface area contributed by atoms with Crippen molar-refractivity contribution in [2.45, 2.75) is 12.8 Å². The topological polar surface area (TPSA) is 100 Å². The number of pyridine rings is 1. The molecular formula is C10H14F2N4O3. The van der Waals surface area contributed by atoms with Crippen LogP contribution in [0.2, 0.25) is 0 Å². The highest BCUT2D eigenvalue weighted by molar-refractivity contribution is 5.54. The maximum atomic E-state index is 12.9. The molecule has 1 aromatic rings. The van der Waals surface area contributed by atoms with E-state index >= 15 is 0 Å². The zero-order valence-corrected chi connectivity index (χ0v) is 10.2. The summed E-state index contributed by atoms with van der Waals surface area (Å²) in [6.07, 6.45) is 0. The van der Waals surface area contributed by atoms with Gasteiger partial charge in [-0.2, -0.15) is 0 Å². The van der Waals surface area contributed by atoms with Gasteiger partial charge in [-0.05, 0) is 6.92 Å². The van der Waals surface area contributed by atoms with E-state index in [2.05, 4.69) is 15.6 Å². The number of anilines is 2. The van der Waals surface area contributed by atoms with E-state index in [4.69, 9.17) is 5.11 Å². The molecule has 3 N–H and O–H groups in total. The van der Waals surface area contributed by atoms with Gasteiger partial charge in [0.15, 0.2) is 0 Å². The number of nitrogens with one attached hydrogen (secondary N) is 2. The van der Waals surface area contributed by atoms with E-state index in [9.17, 15) is 18.9 Å². The van der Waals surface area contributed by atoms with Gasteiger partial charge in [0.05, 0.1) is 23.6 Å². The Balaban J connectivity index is 2.90. The molecular weight excluding hydrogens is 262 g/mol. The minimum absolute atomic E-state index is 0.0572. The molecule has 0 bridgehead atoms. The Labute approximate surface area is 107 Å². The third-order valence-corrected chi connectivity index (χ3v) is 2.14. The van der Waals surface area contributed by atoms with Crippen molar-refractivity contribution in [2.24, 2.45) is 0 Å². The van der Waals surface area contributed by atoms with Crippen LogP contribution in [0.15, 0.2) is 12.1 Å². The second-order valence-corrected chi connectivity index (χ2v) is 3.75. The Hall–Kier alpha value is -2.03. The first-order valence-electron chi connectivity index (χ1n) is 5.51. The highest BCUT2D eigenvalue weighted by atomic mass is 19.3. The predicted octanol–water partition coefficient (Wildman–Crippen LogP) is 1.46. The molecule has 1 rings (SSSR count). The monoisotopic (exact) mass is 276 g/mol. The first-order chi connectivity index (χ1) is 8.88. The van der Waals surface area contributed by atoms with Crippen LogP contribution >= 0.6 is 0 Å². The van der Waals surface area contributed by atoms with Gasteiger partial charge in [-0.1, -0.05) is 0 Å². The lowest BCUT2D eigenvalue weighted by atomic mass is 10.3. The van der Waals surface area contributed by atoms with Gasteiger partial charge >= 0.3 is 0 Å². The molecule has 1 aromatic heterocycles. The lowest BCUT2D eigenvalue weighted by Crippen LogP contribution is -2.31. The summed E-state index contributed by atoms with van der Waals surface area (Å²) in [5.74, 6) is -3.16. The Morgan fingerprint density at radius 3 is 2.47 bits per heavy atom. The highest BCUT2D eigenvalue weighted by Gasteiger charge is 2.27. The van der Waals surface area contributed by atoms with Crippen molar-refractivity contribution >= 4 is 17.3 Å². The lowest BCUT2D eigenvalue weighted by Gasteiger charge is -2.14. The predicted molar refractivity (Wildman–Crippen MR) is 65.6 cm³/mol. The highest BCUT2D eigenvalue weighted by Crippen LogP contribution is 2.21. The summed E-state index contributed by atoms with van der Waals surface area (Å²) in [7, 11) is 0. The molecule has 19 heavy (non-hydrogen) atoms. The van der Waals surface area contributed by atoms with Crippen LogP contribution in [0, 0.1) is 10.1 Å². The van der Waals surface area contributed by atoms with E-state index in [1.54, 1.807) is 6.92 Å². The van der Waals surface area contributed by atoms with Gasteiger partial charge in [-0.15, -0.1) is 0 Å². The summed E-state index contributed by atoms with van der Waals surface area (Å²) in [4.78, 5) is 14.0. The Kier molecular flexibility index (Phi) is 4.93. The van der Waals surface area contributed by atoms with Crippen molar-refractivity contribution in [1.82, 2.24) is 4.98 Å². The molecule has 0 fully saturated rings. The molecule has 0 amide bonds. The number of aromatic nitrogens is 1. The number of rotatable bonds is 7. The van der Waals surface area contributed by atoms with Crippen LogP contribution in [0.4, 0.5) is 26.1 Å². The van der Waals surface area contributed by atoms with E-state index in [1.807, 2.05) is 0 Å². The van der Waals surface area contributed by atoms with Gasteiger partial charge < -0.3 is 15.7 Å². The molecule has 0 aromatic carbocycles. The van der Waals surface area contributed by atoms with Crippen LogP contribution < -0.4 is 10.6 Å². The molecule has 0 saturated carbocycles. The van der Waals surface area contributed by atoms with Gasteiger partial charge in [0.25, 0.3) is 11.6 Å². The zero-order chi connectivity index (χ0) is 14.5. The van der Waals surface area contributed by atoms with Crippen LogP contribution in [-0.4, -0.2) is 40.6 Å². The molecule has 7 nitrogen and oxygen atoms in total. The van der Waals surface area contributed by atoms with E-state index in [0.29, 0.717) is 6.54 Å². The summed E-state index contributed by atoms with van der Waals surface area (Å²) in [5, 5.41) is 24.1. The van der Waals surface area contributed by atoms with E-state index in [0.717, 1.165) is 6.07 Å². The summed E-state index contributed by atoms with van der Waals surface area (Å²) in [6, 6.07) is 2.26. The van der Waals surface area contributed by atoms with E-state index in [-0.39, 0.29) is 17.3 Å². The molecule has 106 valence electrons. The van der Waals surface area contributed by atoms with Crippen LogP contribution in [0.3, 0.4) is 0 Å². The third kappa shape index (κ3) is 4.62. The number of nitrogens with zero attached hydrogens (tertiary/aromatic N) is 2. The summed E-state index contributed by atoms with van der Waals surface area (Å²) in [5.41, 5.74) is -0.263. The number of aliphatic hydroxyl groups excluding tert-OH is 1. The number of alkyl halides is 2. The molecule has 0 aliphatic rings. The third-order valence-electron chi connectivity index (χ3n) is 2.14. The van der Waals surface area contributed by atoms with Crippen LogP contribution in [0.25, 0.3) is 0 Å². The van der Waals surface area contributed by atoms with Gasteiger partial charge in [-0.3, -0.25) is 10.1 Å². The Morgan fingerprint density at radius 1 is 1.42 bits per heavy atom. The second-order valence-electron chi connectivity index (χ2n) is 3.75. The molecule has 0 saturated heterocycles. The molecule has 0 aliphatic carbocycles. The lowest BCUT2D eigenvalue weighted by molar-refractivity contribution is -0.384. The van der Waals surface area contributed by atoms with Gasteiger partial charge in [0, 0.05) is 6.54 Å². The fourth-order valence-electron chi connectivity index (χ4n) is 1.26.